The van der Waals surface area contributed by atoms with E-state index in [0.29, 0.717) is 6.54 Å². The average Bonchev–Trinajstić information content (AvgIpc) is 2.71. The smallest absolute Gasteiger partial charge is 0.414 e. The molecule has 9 nitrogen and oxygen atoms in total. The maximum absolute atomic E-state index is 11.1. The minimum atomic E-state index is -1.82. The van der Waals surface area contributed by atoms with E-state index in [1.165, 1.54) is 25.8 Å². The van der Waals surface area contributed by atoms with Gasteiger partial charge < -0.3 is 15.1 Å². The van der Waals surface area contributed by atoms with Crippen LogP contribution in [-0.4, -0.2) is 69.6 Å². The predicted molar refractivity (Wildman–Crippen MR) is 107 cm³/mol. The lowest BCUT2D eigenvalue weighted by Crippen LogP contribution is -2.47. The lowest BCUT2D eigenvalue weighted by Gasteiger charge is -2.36. The Morgan fingerprint density at radius 2 is 1.66 bits per heavy atom. The fourth-order valence-corrected chi connectivity index (χ4v) is 3.58. The first-order valence-electron chi connectivity index (χ1n) is 9.65. The molecule has 0 bridgehead atoms. The number of nitro benzene ring substituents is 1. The lowest BCUT2D eigenvalue weighted by molar-refractivity contribution is -0.385. The van der Waals surface area contributed by atoms with Crippen molar-refractivity contribution in [3.63, 3.8) is 0 Å². The first-order chi connectivity index (χ1) is 13.9. The fourth-order valence-electron chi connectivity index (χ4n) is 3.58. The van der Waals surface area contributed by atoms with Gasteiger partial charge in [0, 0.05) is 50.9 Å². The van der Waals surface area contributed by atoms with Gasteiger partial charge in [0.2, 0.25) is 0 Å². The van der Waals surface area contributed by atoms with Crippen LogP contribution in [0.2, 0.25) is 0 Å². The van der Waals surface area contributed by atoms with Crippen molar-refractivity contribution < 1.29 is 24.7 Å². The quantitative estimate of drug-likeness (QED) is 0.331. The molecule has 1 unspecified atom stereocenters. The third-order valence-electron chi connectivity index (χ3n) is 5.12. The van der Waals surface area contributed by atoms with Gasteiger partial charge in [0.05, 0.1) is 4.92 Å². The van der Waals surface area contributed by atoms with E-state index in [1.54, 1.807) is 12.1 Å². The number of hydrogen-bond donors (Lipinski definition) is 2. The van der Waals surface area contributed by atoms with Gasteiger partial charge in [-0.15, -0.1) is 0 Å². The maximum atomic E-state index is 11.1. The van der Waals surface area contributed by atoms with Gasteiger partial charge in [0.1, 0.15) is 0 Å². The molecule has 0 amide bonds. The van der Waals surface area contributed by atoms with E-state index in [1.807, 2.05) is 12.1 Å². The highest BCUT2D eigenvalue weighted by Gasteiger charge is 2.22. The number of nitro groups is 1. The van der Waals surface area contributed by atoms with Crippen LogP contribution >= 0.6 is 0 Å². The van der Waals surface area contributed by atoms with Crippen molar-refractivity contribution in [2.75, 3.05) is 32.7 Å². The molecule has 158 valence electrons. The van der Waals surface area contributed by atoms with Crippen molar-refractivity contribution in [3.8, 4) is 0 Å². The maximum Gasteiger partial charge on any atom is 0.414 e. The summed E-state index contributed by atoms with van der Waals surface area (Å²) in [5.41, 5.74) is 1.06. The summed E-state index contributed by atoms with van der Waals surface area (Å²) in [6.45, 7) is 6.01. The fraction of sp³-hybridized carbons (Fsp3) is 0.500. The van der Waals surface area contributed by atoms with Gasteiger partial charge in [-0.1, -0.05) is 30.4 Å². The van der Waals surface area contributed by atoms with E-state index in [0.717, 1.165) is 37.7 Å². The highest BCUT2D eigenvalue weighted by atomic mass is 16.6. The van der Waals surface area contributed by atoms with E-state index in [2.05, 4.69) is 22.0 Å². The molecule has 1 heterocycles. The number of allylic oxidation sites excluding steroid dienone is 2. The number of carboxylic acids is 2. The minimum Gasteiger partial charge on any atom is -0.473 e. The molecule has 2 N–H and O–H groups in total. The van der Waals surface area contributed by atoms with Crippen LogP contribution in [0, 0.1) is 16.0 Å². The lowest BCUT2D eigenvalue weighted by atomic mass is 9.94. The van der Waals surface area contributed by atoms with Crippen LogP contribution < -0.4 is 0 Å². The number of para-hydroxylation sites is 1. The molecule has 1 aromatic rings. The Kier molecular flexibility index (Phi) is 8.75. The van der Waals surface area contributed by atoms with Crippen molar-refractivity contribution in [1.82, 2.24) is 9.80 Å². The Labute approximate surface area is 169 Å². The zero-order chi connectivity index (χ0) is 21.2. The molecule has 1 aromatic carbocycles. The molecule has 1 aliphatic carbocycles. The summed E-state index contributed by atoms with van der Waals surface area (Å²) in [4.78, 5) is 33.9. The average molecular weight is 405 g/mol. The van der Waals surface area contributed by atoms with Crippen molar-refractivity contribution in [1.29, 1.82) is 0 Å². The molecule has 0 aromatic heterocycles. The Balaban J connectivity index is 0.000000438. The van der Waals surface area contributed by atoms with Gasteiger partial charge >= 0.3 is 11.9 Å². The van der Waals surface area contributed by atoms with Gasteiger partial charge in [-0.2, -0.15) is 0 Å². The normalized spacial score (nSPS) is 19.8. The van der Waals surface area contributed by atoms with Gasteiger partial charge in [-0.05, 0) is 25.2 Å². The van der Waals surface area contributed by atoms with Gasteiger partial charge in [-0.25, -0.2) is 9.59 Å². The van der Waals surface area contributed by atoms with Gasteiger partial charge in [0.25, 0.3) is 5.69 Å². The number of rotatable bonds is 5. The third kappa shape index (κ3) is 7.63. The standard InChI is InChI=1S/C18H25N3O2.C2H2O4/c22-21(23)18-9-5-4-8-17(18)15-20-12-10-19(11-13-20)14-16-6-2-1-3-7-16;3-1(4)2(5)6/h1-2,4-5,8-9,16H,3,6-7,10-15H2;(H,3,4)(H,5,6). The van der Waals surface area contributed by atoms with Crippen LogP contribution in [0.4, 0.5) is 5.69 Å². The number of carbonyl (C=O) groups is 2. The van der Waals surface area contributed by atoms with Crippen molar-refractivity contribution in [3.05, 3.63) is 52.1 Å². The van der Waals surface area contributed by atoms with Crippen LogP contribution in [-0.2, 0) is 16.1 Å². The molecule has 0 saturated carbocycles. The van der Waals surface area contributed by atoms with Gasteiger partial charge in [-0.3, -0.25) is 15.0 Å². The highest BCUT2D eigenvalue weighted by molar-refractivity contribution is 6.27. The van der Waals surface area contributed by atoms with E-state index in [-0.39, 0.29) is 10.6 Å². The first kappa shape index (κ1) is 22.5. The van der Waals surface area contributed by atoms with E-state index in [9.17, 15) is 10.1 Å². The summed E-state index contributed by atoms with van der Waals surface area (Å²) in [6.07, 6.45) is 8.37. The van der Waals surface area contributed by atoms with Crippen molar-refractivity contribution >= 4 is 17.6 Å². The van der Waals surface area contributed by atoms with E-state index in [4.69, 9.17) is 19.8 Å². The second kappa shape index (κ2) is 11.3. The number of aliphatic carboxylic acids is 2. The largest absolute Gasteiger partial charge is 0.473 e. The van der Waals surface area contributed by atoms with E-state index >= 15 is 0 Å². The Bertz CT molecular complexity index is 731. The van der Waals surface area contributed by atoms with Crippen LogP contribution in [0.3, 0.4) is 0 Å². The summed E-state index contributed by atoms with van der Waals surface area (Å²) in [7, 11) is 0. The number of benzene rings is 1. The molecule has 9 heteroatoms. The topological polar surface area (TPSA) is 124 Å². The van der Waals surface area contributed by atoms with Crippen LogP contribution in [0.5, 0.6) is 0 Å². The van der Waals surface area contributed by atoms with Gasteiger partial charge in [0.15, 0.2) is 0 Å². The molecule has 3 rings (SSSR count). The monoisotopic (exact) mass is 405 g/mol. The molecule has 0 radical (unpaired) electrons. The second-order valence-corrected chi connectivity index (χ2v) is 7.22. The minimum absolute atomic E-state index is 0.240. The van der Waals surface area contributed by atoms with Crippen molar-refractivity contribution in [2.45, 2.75) is 25.8 Å². The van der Waals surface area contributed by atoms with Crippen LogP contribution in [0.15, 0.2) is 36.4 Å². The molecule has 2 aliphatic rings. The molecule has 1 fully saturated rings. The number of carboxylic acid groups (broad SMARTS) is 2. The van der Waals surface area contributed by atoms with Crippen LogP contribution in [0.25, 0.3) is 0 Å². The van der Waals surface area contributed by atoms with E-state index < -0.39 is 11.9 Å². The molecule has 0 spiro atoms. The number of piperazine rings is 1. The SMILES string of the molecule is O=C(O)C(=O)O.O=[N+]([O-])c1ccccc1CN1CCN(CC2CC=CCC2)CC1. The molecule has 1 saturated heterocycles. The number of nitrogens with zero attached hydrogens (tertiary/aromatic N) is 3. The molecular formula is C20H27N3O6. The summed E-state index contributed by atoms with van der Waals surface area (Å²) >= 11 is 0. The Hall–Kier alpha value is -2.78. The zero-order valence-electron chi connectivity index (χ0n) is 16.3. The van der Waals surface area contributed by atoms with Crippen LogP contribution in [0.1, 0.15) is 24.8 Å². The molecule has 1 aliphatic heterocycles. The summed E-state index contributed by atoms with van der Waals surface area (Å²) < 4.78 is 0. The summed E-state index contributed by atoms with van der Waals surface area (Å²) in [5, 5.41) is 25.9. The first-order valence-corrected chi connectivity index (χ1v) is 9.65. The molecule has 1 atom stereocenters. The Morgan fingerprint density at radius 3 is 2.21 bits per heavy atom. The molecular weight excluding hydrogens is 378 g/mol. The summed E-state index contributed by atoms with van der Waals surface area (Å²) in [5.74, 6) is -2.84. The highest BCUT2D eigenvalue weighted by Crippen LogP contribution is 2.22. The second-order valence-electron chi connectivity index (χ2n) is 7.22. The molecule has 29 heavy (non-hydrogen) atoms. The zero-order valence-corrected chi connectivity index (χ0v) is 16.3. The van der Waals surface area contributed by atoms with Crippen molar-refractivity contribution in [2.24, 2.45) is 5.92 Å². The number of hydrogen-bond acceptors (Lipinski definition) is 6. The third-order valence-corrected chi connectivity index (χ3v) is 5.12. The Morgan fingerprint density at radius 1 is 1.03 bits per heavy atom. The predicted octanol–water partition coefficient (Wildman–Crippen LogP) is 2.22. The summed E-state index contributed by atoms with van der Waals surface area (Å²) in [6, 6.07) is 7.09.